The summed E-state index contributed by atoms with van der Waals surface area (Å²) in [7, 11) is 1.35. The fourth-order valence-electron chi connectivity index (χ4n) is 6.74. The highest BCUT2D eigenvalue weighted by Crippen LogP contribution is 2.47. The smallest absolute Gasteiger partial charge is 0.417 e. The van der Waals surface area contributed by atoms with E-state index in [2.05, 4.69) is 5.10 Å². The molecule has 1 aliphatic heterocycles. The molecule has 0 amide bonds. The topological polar surface area (TPSA) is 82.8 Å². The van der Waals surface area contributed by atoms with E-state index in [4.69, 9.17) is 14.2 Å². The molecule has 2 heterocycles. The van der Waals surface area contributed by atoms with Crippen LogP contribution >= 0.6 is 0 Å². The van der Waals surface area contributed by atoms with Gasteiger partial charge in [-0.2, -0.15) is 18.3 Å². The van der Waals surface area contributed by atoms with Gasteiger partial charge in [0.25, 0.3) is 0 Å². The van der Waals surface area contributed by atoms with Crippen LogP contribution < -0.4 is 9.47 Å². The number of aliphatic hydroxyl groups is 1. The van der Waals surface area contributed by atoms with E-state index in [1.54, 1.807) is 36.7 Å². The second kappa shape index (κ2) is 11.8. The zero-order valence-electron chi connectivity index (χ0n) is 26.5. The molecular weight excluding hydrogens is 597 g/mol. The fourth-order valence-corrected chi connectivity index (χ4v) is 6.74. The Morgan fingerprint density at radius 2 is 1.70 bits per heavy atom. The lowest BCUT2D eigenvalue weighted by atomic mass is 9.90. The second-order valence-electron chi connectivity index (χ2n) is 12.8. The van der Waals surface area contributed by atoms with E-state index in [-0.39, 0.29) is 23.9 Å². The summed E-state index contributed by atoms with van der Waals surface area (Å²) in [6, 6.07) is 15.3. The summed E-state index contributed by atoms with van der Waals surface area (Å²) >= 11 is 0. The van der Waals surface area contributed by atoms with Crippen molar-refractivity contribution >= 4 is 5.97 Å². The molecule has 4 aromatic rings. The van der Waals surface area contributed by atoms with Gasteiger partial charge in [0, 0.05) is 28.8 Å². The summed E-state index contributed by atoms with van der Waals surface area (Å²) in [5, 5.41) is 14.9. The number of fused-ring (bicyclic) bond motifs is 2. The van der Waals surface area contributed by atoms with Crippen molar-refractivity contribution in [1.29, 1.82) is 0 Å². The first-order valence-corrected chi connectivity index (χ1v) is 15.3. The predicted octanol–water partition coefficient (Wildman–Crippen LogP) is 7.73. The van der Waals surface area contributed by atoms with E-state index in [0.717, 1.165) is 39.7 Å². The molecule has 242 valence electrons. The average Bonchev–Trinajstić information content (AvgIpc) is 3.66. The number of rotatable bonds is 8. The highest BCUT2D eigenvalue weighted by Gasteiger charge is 2.38. The molecule has 0 saturated carbocycles. The van der Waals surface area contributed by atoms with Gasteiger partial charge in [-0.15, -0.1) is 0 Å². The van der Waals surface area contributed by atoms with Gasteiger partial charge in [-0.05, 0) is 80.5 Å². The van der Waals surface area contributed by atoms with Gasteiger partial charge in [-0.3, -0.25) is 9.48 Å². The Bertz CT molecular complexity index is 1790. The van der Waals surface area contributed by atoms with E-state index in [1.807, 2.05) is 38.1 Å². The Morgan fingerprint density at radius 1 is 1.02 bits per heavy atom. The van der Waals surface area contributed by atoms with Gasteiger partial charge >= 0.3 is 12.1 Å². The third kappa shape index (κ3) is 6.10. The fraction of sp³-hybridized carbons (Fsp3) is 0.389. The number of esters is 1. The summed E-state index contributed by atoms with van der Waals surface area (Å²) in [5.41, 5.74) is 4.70. The monoisotopic (exact) mass is 634 g/mol. The minimum atomic E-state index is -4.54. The molecule has 0 bridgehead atoms. The van der Waals surface area contributed by atoms with E-state index >= 15 is 0 Å². The molecule has 46 heavy (non-hydrogen) atoms. The lowest BCUT2D eigenvalue weighted by molar-refractivity contribution is -0.141. The van der Waals surface area contributed by atoms with Crippen LogP contribution in [0.2, 0.25) is 0 Å². The van der Waals surface area contributed by atoms with Crippen molar-refractivity contribution in [3.8, 4) is 33.8 Å². The van der Waals surface area contributed by atoms with Crippen LogP contribution in [0.3, 0.4) is 0 Å². The summed E-state index contributed by atoms with van der Waals surface area (Å²) in [4.78, 5) is 11.8. The van der Waals surface area contributed by atoms with Crippen molar-refractivity contribution in [2.45, 2.75) is 77.3 Å². The molecular formula is C36H37F3N2O5. The summed E-state index contributed by atoms with van der Waals surface area (Å²) in [6.07, 6.45) is -3.77. The lowest BCUT2D eigenvalue weighted by Crippen LogP contribution is -2.27. The van der Waals surface area contributed by atoms with Gasteiger partial charge in [0.05, 0.1) is 43.5 Å². The molecule has 0 spiro atoms. The van der Waals surface area contributed by atoms with E-state index < -0.39 is 23.4 Å². The minimum Gasteiger partial charge on any atom is -0.492 e. The van der Waals surface area contributed by atoms with Gasteiger partial charge in [0.15, 0.2) is 0 Å². The van der Waals surface area contributed by atoms with Crippen LogP contribution in [0.4, 0.5) is 13.2 Å². The predicted molar refractivity (Wildman–Crippen MR) is 167 cm³/mol. The van der Waals surface area contributed by atoms with Crippen molar-refractivity contribution < 1.29 is 37.3 Å². The molecule has 2 aliphatic rings. The van der Waals surface area contributed by atoms with Gasteiger partial charge in [-0.1, -0.05) is 36.4 Å². The number of benzene rings is 3. The first kappa shape index (κ1) is 31.7. The molecule has 0 fully saturated rings. The maximum absolute atomic E-state index is 14.4. The first-order chi connectivity index (χ1) is 21.7. The van der Waals surface area contributed by atoms with Crippen molar-refractivity contribution in [3.63, 3.8) is 0 Å². The SMILES string of the molecule is COC(=O)C[C@@H]1COc2cc(O[C@@H]3CCc4c3ccc(C(F)(F)F)c4-c3ccc(-c4c(C)nn(CC(C)(C)O)c4C)cc3)ccc21. The molecule has 10 heteroatoms. The van der Waals surface area contributed by atoms with Crippen LogP contribution in [0.5, 0.6) is 11.5 Å². The van der Waals surface area contributed by atoms with Gasteiger partial charge in [0.1, 0.15) is 17.6 Å². The maximum Gasteiger partial charge on any atom is 0.417 e. The van der Waals surface area contributed by atoms with Crippen molar-refractivity contribution in [1.82, 2.24) is 9.78 Å². The molecule has 0 saturated heterocycles. The number of halogens is 3. The van der Waals surface area contributed by atoms with Crippen molar-refractivity contribution in [2.24, 2.45) is 0 Å². The van der Waals surface area contributed by atoms with Crippen LogP contribution in [0.1, 0.15) is 72.4 Å². The summed E-state index contributed by atoms with van der Waals surface area (Å²) < 4.78 is 61.9. The van der Waals surface area contributed by atoms with Crippen molar-refractivity contribution in [2.75, 3.05) is 13.7 Å². The first-order valence-electron chi connectivity index (χ1n) is 15.3. The molecule has 0 unspecified atom stereocenters. The Labute approximate surface area is 265 Å². The number of carbonyl (C=O) groups is 1. The normalized spacial score (nSPS) is 17.4. The molecule has 1 aromatic heterocycles. The average molecular weight is 635 g/mol. The zero-order valence-corrected chi connectivity index (χ0v) is 26.5. The second-order valence-corrected chi connectivity index (χ2v) is 12.8. The van der Waals surface area contributed by atoms with Crippen molar-refractivity contribution in [3.05, 3.63) is 88.2 Å². The molecule has 2 atom stereocenters. The molecule has 3 aromatic carbocycles. The Kier molecular flexibility index (Phi) is 8.13. The van der Waals surface area contributed by atoms with Gasteiger partial charge < -0.3 is 19.3 Å². The standard InChI is InChI=1S/C36H37F3N2O5/c1-20-33(21(2)41(40-20)19-35(3,4)43)22-6-8-23(9-7-22)34-28-13-15-30(27(28)12-14-29(34)36(37,38)39)46-25-10-11-26-24(16-32(42)44-5)18-45-31(26)17-25/h6-12,14,17,24,30,43H,13,15-16,18-19H2,1-5H3/t24-,30-/m1/s1. The lowest BCUT2D eigenvalue weighted by Gasteiger charge is -2.20. The Hall–Kier alpha value is -4.31. The molecule has 0 radical (unpaired) electrons. The Balaban J connectivity index is 1.30. The number of hydrogen-bond acceptors (Lipinski definition) is 6. The molecule has 6 rings (SSSR count). The molecule has 1 aliphatic carbocycles. The maximum atomic E-state index is 14.4. The van der Waals surface area contributed by atoms with Crippen LogP contribution in [-0.4, -0.2) is 40.2 Å². The van der Waals surface area contributed by atoms with Crippen LogP contribution in [-0.2, 0) is 28.7 Å². The number of ether oxygens (including phenoxy) is 3. The zero-order chi connectivity index (χ0) is 33.0. The van der Waals surface area contributed by atoms with E-state index in [1.165, 1.54) is 13.2 Å². The van der Waals surface area contributed by atoms with Crippen LogP contribution in [0.25, 0.3) is 22.3 Å². The third-order valence-electron chi connectivity index (χ3n) is 8.82. The quantitative estimate of drug-likeness (QED) is 0.200. The number of aromatic nitrogens is 2. The Morgan fingerprint density at radius 3 is 2.35 bits per heavy atom. The van der Waals surface area contributed by atoms with E-state index in [9.17, 15) is 23.1 Å². The van der Waals surface area contributed by atoms with Crippen LogP contribution in [0.15, 0.2) is 54.6 Å². The third-order valence-corrected chi connectivity index (χ3v) is 8.82. The molecule has 7 nitrogen and oxygen atoms in total. The number of alkyl halides is 3. The minimum absolute atomic E-state index is 0.102. The number of hydrogen-bond donors (Lipinski definition) is 1. The van der Waals surface area contributed by atoms with Gasteiger partial charge in [-0.25, -0.2) is 0 Å². The van der Waals surface area contributed by atoms with E-state index in [0.29, 0.717) is 48.6 Å². The largest absolute Gasteiger partial charge is 0.492 e. The summed E-state index contributed by atoms with van der Waals surface area (Å²) in [5.74, 6) is 0.776. The van der Waals surface area contributed by atoms with Gasteiger partial charge in [0.2, 0.25) is 0 Å². The number of methoxy groups -OCH3 is 1. The number of aryl methyl sites for hydroxylation is 1. The number of nitrogens with zero attached hydrogens (tertiary/aromatic N) is 2. The summed E-state index contributed by atoms with van der Waals surface area (Å²) in [6.45, 7) is 7.93. The highest BCUT2D eigenvalue weighted by atomic mass is 19.4. The highest BCUT2D eigenvalue weighted by molar-refractivity contribution is 5.78. The molecule has 1 N–H and O–H groups in total. The number of carbonyl (C=O) groups excluding carboxylic acids is 1. The van der Waals surface area contributed by atoms with Crippen LogP contribution in [0, 0.1) is 13.8 Å².